The fourth-order valence-electron chi connectivity index (χ4n) is 9.64. The molecule has 0 aromatic rings. The normalized spacial score (nSPS) is 12.6. The summed E-state index contributed by atoms with van der Waals surface area (Å²) in [6.45, 7) is 4.96. The van der Waals surface area contributed by atoms with E-state index in [1.54, 1.807) is 0 Å². The zero-order valence-electron chi connectivity index (χ0n) is 45.4. The van der Waals surface area contributed by atoms with E-state index in [9.17, 15) is 19.8 Å². The van der Waals surface area contributed by atoms with E-state index < -0.39 is 12.1 Å². The largest absolute Gasteiger partial charge is 0.466 e. The van der Waals surface area contributed by atoms with Crippen molar-refractivity contribution in [1.82, 2.24) is 5.32 Å². The number of carbonyl (C=O) groups excluding carboxylic acids is 2. The van der Waals surface area contributed by atoms with Crippen molar-refractivity contribution in [3.63, 3.8) is 0 Å². The summed E-state index contributed by atoms with van der Waals surface area (Å²) in [4.78, 5) is 24.6. The molecule has 0 aromatic heterocycles. The van der Waals surface area contributed by atoms with E-state index in [4.69, 9.17) is 4.74 Å². The quantitative estimate of drug-likeness (QED) is 0.0321. The number of nitrogens with one attached hydrogen (secondary N) is 1. The van der Waals surface area contributed by atoms with Crippen molar-refractivity contribution in [2.75, 3.05) is 13.2 Å². The maximum absolute atomic E-state index is 12.5. The Morgan fingerprint density at radius 3 is 1.06 bits per heavy atom. The first-order valence-electron chi connectivity index (χ1n) is 30.4. The highest BCUT2D eigenvalue weighted by Crippen LogP contribution is 2.18. The van der Waals surface area contributed by atoms with Crippen LogP contribution in [0.5, 0.6) is 0 Å². The van der Waals surface area contributed by atoms with Gasteiger partial charge in [-0.3, -0.25) is 9.59 Å². The van der Waals surface area contributed by atoms with Crippen LogP contribution in [0.25, 0.3) is 0 Å². The molecule has 0 saturated heterocycles. The summed E-state index contributed by atoms with van der Waals surface area (Å²) in [7, 11) is 0. The number of aliphatic hydroxyl groups is 2. The van der Waals surface area contributed by atoms with Crippen LogP contribution in [0.15, 0.2) is 12.2 Å². The highest BCUT2D eigenvalue weighted by Gasteiger charge is 2.20. The molecule has 0 aliphatic rings. The highest BCUT2D eigenvalue weighted by molar-refractivity contribution is 5.76. The molecule has 0 saturated carbocycles. The van der Waals surface area contributed by atoms with E-state index in [1.165, 1.54) is 263 Å². The van der Waals surface area contributed by atoms with Gasteiger partial charge in [-0.15, -0.1) is 0 Å². The van der Waals surface area contributed by atoms with E-state index in [1.807, 2.05) is 0 Å². The number of esters is 1. The third-order valence-electron chi connectivity index (χ3n) is 14.3. The molecule has 0 aromatic carbocycles. The lowest BCUT2D eigenvalue weighted by molar-refractivity contribution is -0.143. The Bertz CT molecular complexity index is 1000. The lowest BCUT2D eigenvalue weighted by Crippen LogP contribution is -2.45. The molecular formula is C61H119NO5. The Hall–Kier alpha value is -1.40. The van der Waals surface area contributed by atoms with Crippen LogP contribution in [0.3, 0.4) is 0 Å². The SMILES string of the molecule is CCCCCCCCC/C=C\CCCCCCCCCC(=O)OCCCCCCCCCCCCCCCCCCC(=O)NC(CO)C(O)CCCCCCCCCCCCCCCCCC. The van der Waals surface area contributed by atoms with Gasteiger partial charge in [-0.05, 0) is 51.4 Å². The van der Waals surface area contributed by atoms with Crippen molar-refractivity contribution in [1.29, 1.82) is 0 Å². The predicted molar refractivity (Wildman–Crippen MR) is 292 cm³/mol. The van der Waals surface area contributed by atoms with Crippen LogP contribution >= 0.6 is 0 Å². The summed E-state index contributed by atoms with van der Waals surface area (Å²) in [6.07, 6.45) is 67.8. The van der Waals surface area contributed by atoms with E-state index in [2.05, 4.69) is 31.3 Å². The summed E-state index contributed by atoms with van der Waals surface area (Å²) in [5.74, 6) is -0.0380. The highest BCUT2D eigenvalue weighted by atomic mass is 16.5. The van der Waals surface area contributed by atoms with Gasteiger partial charge >= 0.3 is 5.97 Å². The molecule has 0 radical (unpaired) electrons. The number of allylic oxidation sites excluding steroid dienone is 2. The minimum absolute atomic E-state index is 0.00118. The molecule has 67 heavy (non-hydrogen) atoms. The average Bonchev–Trinajstić information content (AvgIpc) is 3.33. The first-order chi connectivity index (χ1) is 33.0. The van der Waals surface area contributed by atoms with Gasteiger partial charge in [0.2, 0.25) is 5.91 Å². The Labute approximate surface area is 419 Å². The number of carbonyl (C=O) groups is 2. The molecular weight excluding hydrogens is 827 g/mol. The van der Waals surface area contributed by atoms with Crippen molar-refractivity contribution >= 4 is 11.9 Å². The van der Waals surface area contributed by atoms with Crippen molar-refractivity contribution in [2.24, 2.45) is 0 Å². The molecule has 2 atom stereocenters. The number of aliphatic hydroxyl groups excluding tert-OH is 2. The van der Waals surface area contributed by atoms with Crippen LogP contribution < -0.4 is 5.32 Å². The second-order valence-corrected chi connectivity index (χ2v) is 21.0. The van der Waals surface area contributed by atoms with Crippen molar-refractivity contribution in [3.8, 4) is 0 Å². The lowest BCUT2D eigenvalue weighted by atomic mass is 10.0. The van der Waals surface area contributed by atoms with E-state index in [0.29, 0.717) is 25.9 Å². The molecule has 0 aliphatic heterocycles. The van der Waals surface area contributed by atoms with Gasteiger partial charge in [0.15, 0.2) is 0 Å². The smallest absolute Gasteiger partial charge is 0.305 e. The Balaban J connectivity index is 3.40. The van der Waals surface area contributed by atoms with Gasteiger partial charge in [0.25, 0.3) is 0 Å². The molecule has 0 bridgehead atoms. The summed E-state index contributed by atoms with van der Waals surface area (Å²) < 4.78 is 5.49. The third kappa shape index (κ3) is 53.8. The van der Waals surface area contributed by atoms with Crippen LogP contribution in [0.2, 0.25) is 0 Å². The van der Waals surface area contributed by atoms with Crippen molar-refractivity contribution in [2.45, 2.75) is 353 Å². The zero-order chi connectivity index (χ0) is 48.6. The van der Waals surface area contributed by atoms with Crippen LogP contribution in [-0.4, -0.2) is 47.4 Å². The standard InChI is InChI=1S/C61H119NO5/c1-3-5-7-9-11-13-15-17-19-21-22-27-31-35-39-43-47-51-55-61(66)67-56-52-48-44-40-36-32-28-24-23-26-30-34-38-42-46-50-54-60(65)62-58(57-63)59(64)53-49-45-41-37-33-29-25-20-18-16-14-12-10-8-6-4-2/h19,21,58-59,63-64H,3-18,20,22-57H2,1-2H3,(H,62,65)/b21-19-. The van der Waals surface area contributed by atoms with E-state index in [-0.39, 0.29) is 18.5 Å². The van der Waals surface area contributed by atoms with Crippen molar-refractivity contribution < 1.29 is 24.5 Å². The summed E-state index contributed by atoms with van der Waals surface area (Å²) in [6, 6.07) is -0.546. The molecule has 0 heterocycles. The van der Waals surface area contributed by atoms with Crippen molar-refractivity contribution in [3.05, 3.63) is 12.2 Å². The number of hydrogen-bond acceptors (Lipinski definition) is 5. The molecule has 0 rings (SSSR count). The number of unbranched alkanes of at least 4 members (excludes halogenated alkanes) is 44. The Kier molecular flexibility index (Phi) is 56.0. The van der Waals surface area contributed by atoms with Gasteiger partial charge in [0, 0.05) is 12.8 Å². The molecule has 0 spiro atoms. The van der Waals surface area contributed by atoms with Gasteiger partial charge in [0.1, 0.15) is 0 Å². The lowest BCUT2D eigenvalue weighted by Gasteiger charge is -2.22. The second-order valence-electron chi connectivity index (χ2n) is 21.0. The fraction of sp³-hybridized carbons (Fsp3) is 0.934. The van der Waals surface area contributed by atoms with Gasteiger partial charge in [-0.1, -0.05) is 289 Å². The molecule has 398 valence electrons. The first kappa shape index (κ1) is 65.6. The van der Waals surface area contributed by atoms with Gasteiger partial charge in [-0.25, -0.2) is 0 Å². The van der Waals surface area contributed by atoms with Gasteiger partial charge in [-0.2, -0.15) is 0 Å². The molecule has 0 fully saturated rings. The molecule has 1 amide bonds. The minimum Gasteiger partial charge on any atom is -0.466 e. The Morgan fingerprint density at radius 1 is 0.403 bits per heavy atom. The fourth-order valence-corrected chi connectivity index (χ4v) is 9.64. The first-order valence-corrected chi connectivity index (χ1v) is 30.4. The van der Waals surface area contributed by atoms with E-state index >= 15 is 0 Å². The average molecular weight is 947 g/mol. The molecule has 2 unspecified atom stereocenters. The maximum atomic E-state index is 12.5. The monoisotopic (exact) mass is 946 g/mol. The molecule has 0 aliphatic carbocycles. The zero-order valence-corrected chi connectivity index (χ0v) is 45.4. The number of rotatable bonds is 57. The van der Waals surface area contributed by atoms with Crippen LogP contribution in [0.1, 0.15) is 341 Å². The topological polar surface area (TPSA) is 95.9 Å². The number of hydrogen-bond donors (Lipinski definition) is 3. The summed E-state index contributed by atoms with van der Waals surface area (Å²) >= 11 is 0. The summed E-state index contributed by atoms with van der Waals surface area (Å²) in [5, 5.41) is 23.3. The number of amides is 1. The maximum Gasteiger partial charge on any atom is 0.305 e. The minimum atomic E-state index is -0.668. The molecule has 6 heteroatoms. The Morgan fingerprint density at radius 2 is 0.701 bits per heavy atom. The van der Waals surface area contributed by atoms with Crippen LogP contribution in [0, 0.1) is 0 Å². The predicted octanol–water partition coefficient (Wildman–Crippen LogP) is 18.9. The van der Waals surface area contributed by atoms with E-state index in [0.717, 1.165) is 44.9 Å². The van der Waals surface area contributed by atoms with Crippen LogP contribution in [-0.2, 0) is 14.3 Å². The number of ether oxygens (including phenoxy) is 1. The van der Waals surface area contributed by atoms with Gasteiger partial charge in [0.05, 0.1) is 25.4 Å². The third-order valence-corrected chi connectivity index (χ3v) is 14.3. The molecule has 6 nitrogen and oxygen atoms in total. The second kappa shape index (κ2) is 57.2. The van der Waals surface area contributed by atoms with Gasteiger partial charge < -0.3 is 20.3 Å². The molecule has 3 N–H and O–H groups in total. The van der Waals surface area contributed by atoms with Crippen LogP contribution in [0.4, 0.5) is 0 Å². The summed E-state index contributed by atoms with van der Waals surface area (Å²) in [5.41, 5.74) is 0.